The molecule has 0 N–H and O–H groups in total. The van der Waals surface area contributed by atoms with Crippen LogP contribution >= 0.6 is 0 Å². The van der Waals surface area contributed by atoms with Crippen molar-refractivity contribution < 1.29 is 57.0 Å². The van der Waals surface area contributed by atoms with Crippen LogP contribution in [-0.4, -0.2) is 5.43 Å². The number of allylic oxidation sites excluding steroid dienone is 8. The first-order valence-electron chi connectivity index (χ1n) is 9.52. The van der Waals surface area contributed by atoms with Gasteiger partial charge < -0.3 is 33.6 Å². The summed E-state index contributed by atoms with van der Waals surface area (Å²) in [6.45, 7) is 13.0. The first-order chi connectivity index (χ1) is 13.3. The summed E-state index contributed by atoms with van der Waals surface area (Å²) in [4.78, 5) is 0. The second-order valence-corrected chi connectivity index (χ2v) is 16.6. The summed E-state index contributed by atoms with van der Waals surface area (Å²) in [7, 11) is 0. The summed E-state index contributed by atoms with van der Waals surface area (Å²) in [6.07, 6.45) is 14.4. The van der Waals surface area contributed by atoms with Crippen LogP contribution < -0.4 is 24.8 Å². The van der Waals surface area contributed by atoms with E-state index in [4.69, 9.17) is 8.83 Å². The molecule has 2 aliphatic rings. The van der Waals surface area contributed by atoms with Crippen LogP contribution in [-0.2, 0) is 23.3 Å². The zero-order chi connectivity index (χ0) is 20.7. The maximum Gasteiger partial charge on any atom is -1.00 e. The van der Waals surface area contributed by atoms with Crippen LogP contribution in [0.4, 0.5) is 0 Å². The third kappa shape index (κ3) is 9.14. The molecule has 0 fully saturated rings. The van der Waals surface area contributed by atoms with Gasteiger partial charge in [-0.05, 0) is 12.1 Å². The van der Waals surface area contributed by atoms with Gasteiger partial charge in [0.1, 0.15) is 0 Å². The van der Waals surface area contributed by atoms with Crippen molar-refractivity contribution in [2.45, 2.75) is 40.8 Å². The molecule has 0 aliphatic heterocycles. The van der Waals surface area contributed by atoms with Crippen molar-refractivity contribution in [3.05, 3.63) is 83.8 Å². The van der Waals surface area contributed by atoms with Crippen molar-refractivity contribution in [1.29, 1.82) is 0 Å². The molecule has 0 saturated heterocycles. The number of rotatable bonds is 2. The fourth-order valence-corrected chi connectivity index (χ4v) is 3.06. The van der Waals surface area contributed by atoms with Crippen molar-refractivity contribution in [1.82, 2.24) is 0 Å². The topological polar surface area (TPSA) is 26.3 Å². The van der Waals surface area contributed by atoms with Crippen LogP contribution in [0, 0.1) is 24.0 Å². The number of halogens is 2. The molecule has 0 radical (unpaired) electrons. The number of hydrogen-bond acceptors (Lipinski definition) is 2. The third-order valence-corrected chi connectivity index (χ3v) is 4.07. The summed E-state index contributed by atoms with van der Waals surface area (Å²) in [5, 5.41) is 0. The molecule has 6 heteroatoms. The minimum Gasteiger partial charge on any atom is -1.00 e. The first-order valence-corrected chi connectivity index (χ1v) is 15.7. The molecule has 4 rings (SSSR count). The standard InChI is InChI=1S/2C11H11O.C2H6Si.2ClH.Zr/c2*1-8-6-9(2)10(7-8)11-4-3-5-12-11;1-3-2;;;/h2*3-6,8H,1-2H3;1-2H3;2*1H;/q2*-1;;;;+2/p-2. The Bertz CT molecular complexity index is 833. The quantitative estimate of drug-likeness (QED) is 0.420. The van der Waals surface area contributed by atoms with E-state index in [2.05, 4.69) is 65.1 Å². The predicted octanol–water partition coefficient (Wildman–Crippen LogP) is 0.917. The van der Waals surface area contributed by atoms with Crippen molar-refractivity contribution >= 4 is 16.6 Å². The molecule has 2 aliphatic carbocycles. The monoisotopic (exact) mass is 536 g/mol. The molecule has 2 aromatic heterocycles. The van der Waals surface area contributed by atoms with Crippen molar-refractivity contribution in [3.63, 3.8) is 0 Å². The van der Waals surface area contributed by atoms with Crippen molar-refractivity contribution in [2.75, 3.05) is 0 Å². The minimum absolute atomic E-state index is 0. The Morgan fingerprint density at radius 2 is 1.13 bits per heavy atom. The molecule has 2 nitrogen and oxygen atoms in total. The van der Waals surface area contributed by atoms with Crippen LogP contribution in [0.1, 0.15) is 39.2 Å². The minimum atomic E-state index is 0. The van der Waals surface area contributed by atoms with Gasteiger partial charge in [0.25, 0.3) is 0 Å². The summed E-state index contributed by atoms with van der Waals surface area (Å²) in [5.74, 6) is 2.69. The van der Waals surface area contributed by atoms with Crippen LogP contribution in [0.15, 0.2) is 68.9 Å². The zero-order valence-electron chi connectivity index (χ0n) is 18.3. The van der Waals surface area contributed by atoms with E-state index >= 15 is 0 Å². The molecule has 0 saturated carbocycles. The Balaban J connectivity index is 0.000000452. The molecule has 160 valence electrons. The van der Waals surface area contributed by atoms with E-state index in [0.29, 0.717) is 11.8 Å². The van der Waals surface area contributed by atoms with Gasteiger partial charge >= 0.3 is 41.9 Å². The van der Waals surface area contributed by atoms with E-state index in [0.717, 1.165) is 22.7 Å². The molecule has 0 aromatic carbocycles. The molecule has 30 heavy (non-hydrogen) atoms. The van der Waals surface area contributed by atoms with Gasteiger partial charge in [-0.1, -0.05) is 51.7 Å². The SMILES string of the molecule is CC1=CC(C)[C-]=C1c1ccco1.CC1=CC(C)[C-]=C1c1ccco1.C[Si](C)=[Zr+2].[Cl-].[Cl-]. The van der Waals surface area contributed by atoms with Crippen molar-refractivity contribution in [2.24, 2.45) is 11.8 Å². The average molecular weight is 539 g/mol. The van der Waals surface area contributed by atoms with E-state index in [1.165, 1.54) is 11.1 Å². The van der Waals surface area contributed by atoms with Gasteiger partial charge in [0.15, 0.2) is 0 Å². The van der Waals surface area contributed by atoms with E-state index in [-0.39, 0.29) is 30.2 Å². The Kier molecular flexibility index (Phi) is 13.9. The van der Waals surface area contributed by atoms with Gasteiger partial charge in [-0.25, -0.2) is 0 Å². The Hall–Kier alpha value is -0.800. The van der Waals surface area contributed by atoms with E-state index in [9.17, 15) is 0 Å². The summed E-state index contributed by atoms with van der Waals surface area (Å²) < 4.78 is 10.6. The van der Waals surface area contributed by atoms with Gasteiger partial charge in [0.05, 0.1) is 12.5 Å². The molecular weight excluding hydrogens is 510 g/mol. The molecular formula is C24H28Cl2O2SiZr-2. The maximum atomic E-state index is 5.30. The molecule has 0 bridgehead atoms. The van der Waals surface area contributed by atoms with Gasteiger partial charge in [0.2, 0.25) is 0 Å². The molecule has 2 atom stereocenters. The van der Waals surface area contributed by atoms with Gasteiger partial charge in [-0.15, -0.1) is 12.2 Å². The van der Waals surface area contributed by atoms with E-state index in [1.54, 1.807) is 35.9 Å². The first kappa shape index (κ1) is 29.2. The molecule has 2 aromatic rings. The summed E-state index contributed by atoms with van der Waals surface area (Å²) >= 11 is 1.74. The largest absolute Gasteiger partial charge is 1.00 e. The van der Waals surface area contributed by atoms with Gasteiger partial charge in [-0.2, -0.15) is 34.4 Å². The molecule has 0 amide bonds. The van der Waals surface area contributed by atoms with Crippen LogP contribution in [0.5, 0.6) is 0 Å². The second kappa shape index (κ2) is 14.3. The van der Waals surface area contributed by atoms with Gasteiger partial charge in [-0.3, -0.25) is 0 Å². The third-order valence-electron chi connectivity index (χ3n) is 4.07. The Morgan fingerprint density at radius 1 is 0.800 bits per heavy atom. The number of furan rings is 2. The van der Waals surface area contributed by atoms with Crippen molar-refractivity contribution in [3.8, 4) is 0 Å². The second-order valence-electron chi connectivity index (χ2n) is 7.27. The van der Waals surface area contributed by atoms with Gasteiger partial charge in [0, 0.05) is 11.5 Å². The predicted molar refractivity (Wildman–Crippen MR) is 114 cm³/mol. The smallest absolute Gasteiger partial charge is 1.00 e. The van der Waals surface area contributed by atoms with Crippen LogP contribution in [0.3, 0.4) is 0 Å². The van der Waals surface area contributed by atoms with Crippen LogP contribution in [0.25, 0.3) is 11.1 Å². The molecule has 2 heterocycles. The zero-order valence-corrected chi connectivity index (χ0v) is 23.3. The molecule has 0 spiro atoms. The number of hydrogen-bond donors (Lipinski definition) is 0. The average Bonchev–Trinajstić information content (AvgIpc) is 3.36. The Morgan fingerprint density at radius 3 is 1.33 bits per heavy atom. The van der Waals surface area contributed by atoms with Crippen LogP contribution in [0.2, 0.25) is 13.1 Å². The summed E-state index contributed by atoms with van der Waals surface area (Å²) in [6, 6.07) is 7.75. The fraction of sp³-hybridized carbons (Fsp3) is 0.333. The Labute approximate surface area is 208 Å². The summed E-state index contributed by atoms with van der Waals surface area (Å²) in [5.41, 5.74) is 4.97. The van der Waals surface area contributed by atoms with E-state index in [1.807, 2.05) is 24.3 Å². The fourth-order valence-electron chi connectivity index (χ4n) is 3.06. The van der Waals surface area contributed by atoms with E-state index < -0.39 is 0 Å². The normalized spacial score (nSPS) is 18.8. The molecule has 2 unspecified atom stereocenters. The maximum absolute atomic E-state index is 5.30.